The van der Waals surface area contributed by atoms with E-state index in [1.807, 2.05) is 0 Å². The van der Waals surface area contributed by atoms with Gasteiger partial charge in [-0.2, -0.15) is 0 Å². The molecule has 0 aliphatic rings. The predicted octanol–water partition coefficient (Wildman–Crippen LogP) is 18.5. The van der Waals surface area contributed by atoms with Crippen LogP contribution in [0.4, 0.5) is 52.7 Å². The number of carboxylic acids is 2. The second kappa shape index (κ2) is 22.9. The number of benzene rings is 6. The van der Waals surface area contributed by atoms with Gasteiger partial charge in [0.1, 0.15) is 34.4 Å². The van der Waals surface area contributed by atoms with Crippen molar-refractivity contribution in [3.05, 3.63) is 190 Å². The van der Waals surface area contributed by atoms with Gasteiger partial charge < -0.3 is 38.3 Å². The summed E-state index contributed by atoms with van der Waals surface area (Å²) >= 11 is 14.6. The zero-order chi connectivity index (χ0) is 59.1. The minimum absolute atomic E-state index is 0.0997. The molecule has 0 aliphatic heterocycles. The summed E-state index contributed by atoms with van der Waals surface area (Å²) in [7, 11) is 0. The van der Waals surface area contributed by atoms with Crippen LogP contribution in [0.25, 0.3) is 63.6 Å². The molecule has 0 fully saturated rings. The van der Waals surface area contributed by atoms with E-state index >= 15 is 0 Å². The highest BCUT2D eigenvalue weighted by Crippen LogP contribution is 2.47. The zero-order valence-electron chi connectivity index (χ0n) is 40.8. The molecule has 2 N–H and O–H groups in total. The second-order valence-corrected chi connectivity index (χ2v) is 20.4. The predicted molar refractivity (Wildman–Crippen MR) is 283 cm³/mol. The smallest absolute Gasteiger partial charge is 0.477 e. The molecule has 0 saturated carbocycles. The highest BCUT2D eigenvalue weighted by atomic mass is 35.5. The van der Waals surface area contributed by atoms with Crippen molar-refractivity contribution < 1.29 is 91.4 Å². The van der Waals surface area contributed by atoms with Gasteiger partial charge in [0.25, 0.3) is 0 Å². The number of nitrogens with zero attached hydrogens (tertiary/aromatic N) is 2. The number of ether oxygens (including phenoxy) is 4. The number of hydrogen-bond acceptors (Lipinski definition) is 8. The molecule has 0 amide bonds. The summed E-state index contributed by atoms with van der Waals surface area (Å²) in [4.78, 5) is 26.4. The Morgan fingerprint density at radius 2 is 0.695 bits per heavy atom. The van der Waals surface area contributed by atoms with E-state index in [4.69, 9.17) is 23.2 Å². The van der Waals surface area contributed by atoms with Crippen molar-refractivity contribution in [3.8, 4) is 66.1 Å². The van der Waals surface area contributed by atoms with Crippen molar-refractivity contribution in [3.63, 3.8) is 0 Å². The monoisotopic (exact) mass is 1220 g/mol. The fraction of sp³-hybridized carbons (Fsp3) is 0.107. The summed E-state index contributed by atoms with van der Waals surface area (Å²) in [6.07, 6.45) is -19.5. The molecule has 10 aromatic rings. The Morgan fingerprint density at radius 3 is 0.951 bits per heavy atom. The van der Waals surface area contributed by atoms with Gasteiger partial charge >= 0.3 is 37.4 Å². The molecule has 26 heteroatoms. The van der Waals surface area contributed by atoms with E-state index in [1.54, 1.807) is 69.8 Å². The van der Waals surface area contributed by atoms with E-state index in [0.717, 1.165) is 48.5 Å². The fourth-order valence-electron chi connectivity index (χ4n) is 8.77. The molecule has 0 aliphatic carbocycles. The summed E-state index contributed by atoms with van der Waals surface area (Å²) in [5.41, 5.74) is 4.47. The molecule has 4 aromatic heterocycles. The van der Waals surface area contributed by atoms with Crippen LogP contribution in [0.15, 0.2) is 158 Å². The van der Waals surface area contributed by atoms with Gasteiger partial charge in [-0.05, 0) is 143 Å². The molecular weight excluding hydrogens is 1190 g/mol. The summed E-state index contributed by atoms with van der Waals surface area (Å²) in [6, 6.07) is 37.1. The van der Waals surface area contributed by atoms with E-state index in [1.165, 1.54) is 71.2 Å². The second-order valence-electron chi connectivity index (χ2n) is 17.4. The third kappa shape index (κ3) is 14.0. The normalized spacial score (nSPS) is 12.1. The first-order valence-corrected chi connectivity index (χ1v) is 25.7. The molecule has 4 heterocycles. The number of carboxylic acid groups (broad SMARTS) is 2. The summed E-state index contributed by atoms with van der Waals surface area (Å²) in [5, 5.41) is 21.4. The first-order valence-electron chi connectivity index (χ1n) is 23.3. The average Bonchev–Trinajstić information content (AvgIpc) is 3.66. The standard InChI is InChI=1S/2C28H16ClF6NO4S/c2*29-18-3-1-2-15(12-18)14-36-21-13-22(16-4-8-19(9-5-16)39-27(30,31)32)41-25(21)23(24(36)26(37)38)17-6-10-20(11-7-17)40-28(33,34)35/h2*1-13H,14H2,(H,37,38). The Bertz CT molecular complexity index is 3710. The number of carbonyl (C=O) groups is 2. The van der Waals surface area contributed by atoms with Crippen LogP contribution in [-0.2, 0) is 13.1 Å². The van der Waals surface area contributed by atoms with Crippen LogP contribution >= 0.6 is 45.9 Å². The summed E-state index contributed by atoms with van der Waals surface area (Å²) in [6.45, 7) is 0.199. The number of aromatic carboxylic acids is 2. The first kappa shape index (κ1) is 58.3. The van der Waals surface area contributed by atoms with Gasteiger partial charge in [-0.1, -0.05) is 71.7 Å². The number of rotatable bonds is 14. The lowest BCUT2D eigenvalue weighted by molar-refractivity contribution is -0.275. The van der Waals surface area contributed by atoms with Gasteiger partial charge in [0.15, 0.2) is 0 Å². The topological polar surface area (TPSA) is 121 Å². The van der Waals surface area contributed by atoms with Crippen LogP contribution < -0.4 is 18.9 Å². The number of halogens is 14. The molecule has 0 bridgehead atoms. The lowest BCUT2D eigenvalue weighted by atomic mass is 10.1. The Balaban J connectivity index is 0.000000198. The SMILES string of the molecule is O=C(O)c1c(-c2ccc(OC(F)(F)F)cc2)c2sc(-c3ccc(OC(F)(F)F)cc3)cc2n1Cc1cccc(Cl)c1.O=C(O)c1c(-c2ccc(OC(F)(F)F)cc2)c2sc(-c3ccc(OC(F)(F)F)cc3)cc2n1Cc1cccc(Cl)c1. The van der Waals surface area contributed by atoms with Crippen LogP contribution in [0.1, 0.15) is 32.1 Å². The Labute approximate surface area is 471 Å². The number of aromatic nitrogens is 2. The maximum Gasteiger partial charge on any atom is 0.573 e. The van der Waals surface area contributed by atoms with Crippen molar-refractivity contribution >= 4 is 78.2 Å². The highest BCUT2D eigenvalue weighted by Gasteiger charge is 2.35. The summed E-state index contributed by atoms with van der Waals surface area (Å²) in [5.74, 6) is -4.28. The van der Waals surface area contributed by atoms with Crippen LogP contribution in [0.5, 0.6) is 23.0 Å². The van der Waals surface area contributed by atoms with Gasteiger partial charge in [0.05, 0.1) is 20.4 Å². The molecule has 0 radical (unpaired) electrons. The minimum atomic E-state index is -4.90. The lowest BCUT2D eigenvalue weighted by Gasteiger charge is -2.11. The zero-order valence-corrected chi connectivity index (χ0v) is 43.9. The van der Waals surface area contributed by atoms with Crippen molar-refractivity contribution in [1.29, 1.82) is 0 Å². The molecular formula is C56H32Cl2F12N2O8S2. The largest absolute Gasteiger partial charge is 0.573 e. The van der Waals surface area contributed by atoms with Gasteiger partial charge in [-0.15, -0.1) is 75.4 Å². The lowest BCUT2D eigenvalue weighted by Crippen LogP contribution is -2.17. The van der Waals surface area contributed by atoms with Gasteiger partial charge in [0, 0.05) is 44.0 Å². The molecule has 424 valence electrons. The Kier molecular flexibility index (Phi) is 16.3. The van der Waals surface area contributed by atoms with Crippen molar-refractivity contribution in [2.24, 2.45) is 0 Å². The van der Waals surface area contributed by atoms with Crippen LogP contribution in [0.2, 0.25) is 10.0 Å². The molecule has 10 nitrogen and oxygen atoms in total. The van der Waals surface area contributed by atoms with Crippen LogP contribution in [0.3, 0.4) is 0 Å². The molecule has 0 saturated heterocycles. The number of fused-ring (bicyclic) bond motifs is 2. The van der Waals surface area contributed by atoms with Gasteiger partial charge in [-0.3, -0.25) is 0 Å². The van der Waals surface area contributed by atoms with Crippen molar-refractivity contribution in [2.45, 2.75) is 38.5 Å². The van der Waals surface area contributed by atoms with Crippen LogP contribution in [0, 0.1) is 0 Å². The van der Waals surface area contributed by atoms with E-state index in [2.05, 4.69) is 18.9 Å². The molecule has 0 unspecified atom stereocenters. The number of thiophene rings is 2. The van der Waals surface area contributed by atoms with E-state index in [0.29, 0.717) is 73.6 Å². The molecule has 6 aromatic carbocycles. The third-order valence-electron chi connectivity index (χ3n) is 11.8. The summed E-state index contributed by atoms with van der Waals surface area (Å²) < 4.78 is 171. The Morgan fingerprint density at radius 1 is 0.415 bits per heavy atom. The van der Waals surface area contributed by atoms with E-state index in [9.17, 15) is 72.5 Å². The van der Waals surface area contributed by atoms with Crippen molar-refractivity contribution in [1.82, 2.24) is 9.13 Å². The molecule has 0 spiro atoms. The minimum Gasteiger partial charge on any atom is -0.477 e. The third-order valence-corrected chi connectivity index (χ3v) is 14.7. The van der Waals surface area contributed by atoms with Gasteiger partial charge in [0.2, 0.25) is 0 Å². The quantitative estimate of drug-likeness (QED) is 0.103. The molecule has 82 heavy (non-hydrogen) atoms. The van der Waals surface area contributed by atoms with Crippen LogP contribution in [-0.4, -0.2) is 56.7 Å². The number of hydrogen-bond donors (Lipinski definition) is 2. The number of alkyl halides is 12. The van der Waals surface area contributed by atoms with Crippen molar-refractivity contribution in [2.75, 3.05) is 0 Å². The maximum absolute atomic E-state index is 12.7. The average molecular weight is 1220 g/mol. The molecule has 10 rings (SSSR count). The Hall–Kier alpha value is -8.32. The van der Waals surface area contributed by atoms with E-state index in [-0.39, 0.29) is 35.6 Å². The fourth-order valence-corrected chi connectivity index (χ4v) is 11.7. The maximum atomic E-state index is 12.7. The highest BCUT2D eigenvalue weighted by molar-refractivity contribution is 7.23. The molecule has 0 atom stereocenters. The first-order chi connectivity index (χ1) is 38.5. The van der Waals surface area contributed by atoms with E-state index < -0.39 is 60.4 Å². The van der Waals surface area contributed by atoms with Gasteiger partial charge in [-0.25, -0.2) is 9.59 Å².